The molecule has 3 rings (SSSR count). The zero-order valence-corrected chi connectivity index (χ0v) is 14.3. The van der Waals surface area contributed by atoms with Gasteiger partial charge in [-0.05, 0) is 18.2 Å². The molecule has 9 heteroatoms. The molecule has 1 aliphatic rings. The van der Waals surface area contributed by atoms with Crippen molar-refractivity contribution in [3.63, 3.8) is 0 Å². The minimum absolute atomic E-state index is 0.497. The third-order valence-corrected chi connectivity index (χ3v) is 4.25. The summed E-state index contributed by atoms with van der Waals surface area (Å²) in [7, 11) is 1.70. The predicted octanol–water partition coefficient (Wildman–Crippen LogP) is 2.59. The summed E-state index contributed by atoms with van der Waals surface area (Å²) in [5.41, 5.74) is 0.737. The van der Waals surface area contributed by atoms with Gasteiger partial charge in [0.15, 0.2) is 5.96 Å². The Morgan fingerprint density at radius 1 is 1.23 bits per heavy atom. The van der Waals surface area contributed by atoms with E-state index in [-0.39, 0.29) is 0 Å². The molecule has 0 amide bonds. The van der Waals surface area contributed by atoms with Gasteiger partial charge in [0.2, 0.25) is 0 Å². The summed E-state index contributed by atoms with van der Waals surface area (Å²) in [4.78, 5) is 8.29. The van der Waals surface area contributed by atoms with E-state index in [0.29, 0.717) is 38.4 Å². The van der Waals surface area contributed by atoms with Gasteiger partial charge in [0.1, 0.15) is 12.0 Å². The molecule has 140 valence electrons. The molecule has 1 saturated heterocycles. The Labute approximate surface area is 149 Å². The first kappa shape index (κ1) is 18.1. The van der Waals surface area contributed by atoms with Crippen molar-refractivity contribution >= 4 is 11.6 Å². The zero-order valence-electron chi connectivity index (χ0n) is 14.3. The summed E-state index contributed by atoms with van der Waals surface area (Å²) in [6, 6.07) is 7.22. The van der Waals surface area contributed by atoms with Crippen LogP contribution in [-0.4, -0.2) is 49.2 Å². The van der Waals surface area contributed by atoms with Gasteiger partial charge in [-0.2, -0.15) is 13.2 Å². The molecule has 1 aliphatic heterocycles. The van der Waals surface area contributed by atoms with Crippen molar-refractivity contribution < 1.29 is 17.7 Å². The number of nitrogens with zero attached hydrogens (tertiary/aromatic N) is 4. The number of piperazine rings is 1. The van der Waals surface area contributed by atoms with Gasteiger partial charge in [-0.15, -0.1) is 0 Å². The molecule has 0 radical (unpaired) electrons. The zero-order chi connectivity index (χ0) is 18.6. The van der Waals surface area contributed by atoms with Crippen molar-refractivity contribution in [3.8, 4) is 0 Å². The molecule has 6 nitrogen and oxygen atoms in total. The van der Waals surface area contributed by atoms with Gasteiger partial charge in [0.25, 0.3) is 0 Å². The molecule has 1 N–H and O–H groups in total. The number of benzene rings is 1. The van der Waals surface area contributed by atoms with Gasteiger partial charge in [0, 0.05) is 45.0 Å². The van der Waals surface area contributed by atoms with Crippen LogP contribution in [0.5, 0.6) is 0 Å². The number of halogens is 3. The first-order valence-corrected chi connectivity index (χ1v) is 8.24. The molecule has 1 fully saturated rings. The molecule has 1 aromatic carbocycles. The fraction of sp³-hybridized carbons (Fsp3) is 0.412. The molecule has 0 saturated carbocycles. The summed E-state index contributed by atoms with van der Waals surface area (Å²) in [6.07, 6.45) is -2.82. The summed E-state index contributed by atoms with van der Waals surface area (Å²) in [6.45, 7) is 3.05. The second-order valence-electron chi connectivity index (χ2n) is 5.91. The van der Waals surface area contributed by atoms with Gasteiger partial charge >= 0.3 is 6.18 Å². The van der Waals surface area contributed by atoms with Gasteiger partial charge in [-0.25, -0.2) is 0 Å². The highest BCUT2D eigenvalue weighted by Crippen LogP contribution is 2.31. The first-order chi connectivity index (χ1) is 12.5. The number of anilines is 1. The second-order valence-corrected chi connectivity index (χ2v) is 5.91. The van der Waals surface area contributed by atoms with Crippen molar-refractivity contribution in [1.29, 1.82) is 0 Å². The number of alkyl halides is 3. The summed E-state index contributed by atoms with van der Waals surface area (Å²) in [5.74, 6) is 0.733. The van der Waals surface area contributed by atoms with Crippen molar-refractivity contribution in [2.75, 3.05) is 38.1 Å². The fourth-order valence-electron chi connectivity index (χ4n) is 2.89. The lowest BCUT2D eigenvalue weighted by atomic mass is 10.1. The number of rotatable bonds is 3. The molecule has 0 spiro atoms. The largest absolute Gasteiger partial charge is 0.416 e. The molecule has 0 aliphatic carbocycles. The number of aromatic nitrogens is 1. The summed E-state index contributed by atoms with van der Waals surface area (Å²) >= 11 is 0. The monoisotopic (exact) mass is 367 g/mol. The molecule has 0 bridgehead atoms. The van der Waals surface area contributed by atoms with E-state index in [9.17, 15) is 13.2 Å². The molecule has 2 heterocycles. The van der Waals surface area contributed by atoms with E-state index in [4.69, 9.17) is 4.52 Å². The molecule has 0 unspecified atom stereocenters. The first-order valence-electron chi connectivity index (χ1n) is 8.24. The fourth-order valence-corrected chi connectivity index (χ4v) is 2.89. The average Bonchev–Trinajstić information content (AvgIpc) is 3.16. The van der Waals surface area contributed by atoms with Gasteiger partial charge in [-0.1, -0.05) is 11.2 Å². The van der Waals surface area contributed by atoms with Crippen LogP contribution in [0.25, 0.3) is 0 Å². The lowest BCUT2D eigenvalue weighted by Crippen LogP contribution is -2.52. The van der Waals surface area contributed by atoms with Gasteiger partial charge < -0.3 is 19.6 Å². The number of hydrogen-bond acceptors (Lipinski definition) is 4. The number of nitrogens with one attached hydrogen (secondary N) is 1. The SMILES string of the molecule is CN=C(NCc1ccon1)N1CCN(c2cccc(C(F)(F)F)c2)CC1. The van der Waals surface area contributed by atoms with E-state index in [1.165, 1.54) is 18.4 Å². The van der Waals surface area contributed by atoms with Crippen LogP contribution in [0.4, 0.5) is 18.9 Å². The highest BCUT2D eigenvalue weighted by molar-refractivity contribution is 5.80. The Morgan fingerprint density at radius 2 is 2.00 bits per heavy atom. The Bertz CT molecular complexity index is 737. The quantitative estimate of drug-likeness (QED) is 0.668. The van der Waals surface area contributed by atoms with Crippen molar-refractivity contribution in [1.82, 2.24) is 15.4 Å². The summed E-state index contributed by atoms with van der Waals surface area (Å²) < 4.78 is 43.5. The van der Waals surface area contributed by atoms with Crippen molar-refractivity contribution in [2.24, 2.45) is 4.99 Å². The molecule has 26 heavy (non-hydrogen) atoms. The van der Waals surface area contributed by atoms with Crippen LogP contribution >= 0.6 is 0 Å². The minimum atomic E-state index is -4.33. The van der Waals surface area contributed by atoms with Gasteiger partial charge in [0.05, 0.1) is 12.1 Å². The lowest BCUT2D eigenvalue weighted by Gasteiger charge is -2.37. The Kier molecular flexibility index (Phi) is 5.34. The van der Waals surface area contributed by atoms with Crippen LogP contribution < -0.4 is 10.2 Å². The average molecular weight is 367 g/mol. The molecular weight excluding hydrogens is 347 g/mol. The van der Waals surface area contributed by atoms with E-state index in [1.807, 2.05) is 4.90 Å². The highest BCUT2D eigenvalue weighted by atomic mass is 19.4. The second kappa shape index (κ2) is 7.67. The number of hydrogen-bond donors (Lipinski definition) is 1. The van der Waals surface area contributed by atoms with E-state index >= 15 is 0 Å². The van der Waals surface area contributed by atoms with Crippen LogP contribution in [0.1, 0.15) is 11.3 Å². The molecular formula is C17H20F3N5O. The lowest BCUT2D eigenvalue weighted by molar-refractivity contribution is -0.137. The Morgan fingerprint density at radius 3 is 2.62 bits per heavy atom. The smallest absolute Gasteiger partial charge is 0.368 e. The Hall–Kier alpha value is -2.71. The van der Waals surface area contributed by atoms with Crippen molar-refractivity contribution in [2.45, 2.75) is 12.7 Å². The topological polar surface area (TPSA) is 56.9 Å². The third-order valence-electron chi connectivity index (χ3n) is 4.25. The standard InChI is InChI=1S/C17H20F3N5O/c1-21-16(22-12-14-5-10-26-23-14)25-8-6-24(7-9-25)15-4-2-3-13(11-15)17(18,19)20/h2-5,10-11H,6-9,12H2,1H3,(H,21,22). The van der Waals surface area contributed by atoms with Crippen LogP contribution in [0.3, 0.4) is 0 Å². The van der Waals surface area contributed by atoms with Crippen LogP contribution in [0.2, 0.25) is 0 Å². The van der Waals surface area contributed by atoms with E-state index in [2.05, 4.69) is 20.4 Å². The van der Waals surface area contributed by atoms with Gasteiger partial charge in [-0.3, -0.25) is 4.99 Å². The molecule has 1 aromatic heterocycles. The maximum atomic E-state index is 12.9. The minimum Gasteiger partial charge on any atom is -0.368 e. The predicted molar refractivity (Wildman–Crippen MR) is 91.9 cm³/mol. The third kappa shape index (κ3) is 4.27. The number of guanidine groups is 1. The van der Waals surface area contributed by atoms with E-state index < -0.39 is 11.7 Å². The van der Waals surface area contributed by atoms with E-state index in [1.54, 1.807) is 19.2 Å². The van der Waals surface area contributed by atoms with E-state index in [0.717, 1.165) is 17.7 Å². The Balaban J connectivity index is 1.58. The molecule has 0 atom stereocenters. The number of aliphatic imine (C=N–C) groups is 1. The summed E-state index contributed by atoms with van der Waals surface area (Å²) in [5, 5.41) is 7.05. The molecule has 2 aromatic rings. The highest BCUT2D eigenvalue weighted by Gasteiger charge is 2.31. The maximum Gasteiger partial charge on any atom is 0.416 e. The maximum absolute atomic E-state index is 12.9. The van der Waals surface area contributed by atoms with Crippen LogP contribution in [0, 0.1) is 0 Å². The van der Waals surface area contributed by atoms with Crippen LogP contribution in [-0.2, 0) is 12.7 Å². The van der Waals surface area contributed by atoms with Crippen molar-refractivity contribution in [3.05, 3.63) is 47.9 Å². The van der Waals surface area contributed by atoms with Crippen LogP contribution in [0.15, 0.2) is 46.1 Å². The normalized spacial score (nSPS) is 16.1.